The van der Waals surface area contributed by atoms with Crippen LogP contribution in [0.1, 0.15) is 30.1 Å². The van der Waals surface area contributed by atoms with Crippen molar-refractivity contribution in [2.75, 3.05) is 19.6 Å². The van der Waals surface area contributed by atoms with Crippen LogP contribution in [-0.4, -0.2) is 63.5 Å². The summed E-state index contributed by atoms with van der Waals surface area (Å²) in [6.07, 6.45) is 1.27. The number of likely N-dealkylation sites (tertiary alicyclic amines) is 2. The lowest BCUT2D eigenvalue weighted by Gasteiger charge is -2.28. The van der Waals surface area contributed by atoms with E-state index in [0.717, 1.165) is 0 Å². The van der Waals surface area contributed by atoms with Crippen molar-refractivity contribution in [1.29, 1.82) is 0 Å². The first kappa shape index (κ1) is 17.3. The van der Waals surface area contributed by atoms with Crippen molar-refractivity contribution in [2.24, 2.45) is 11.8 Å². The lowest BCUT2D eigenvalue weighted by Crippen LogP contribution is -2.47. The van der Waals surface area contributed by atoms with Crippen LogP contribution in [-0.2, 0) is 9.59 Å². The fourth-order valence-electron chi connectivity index (χ4n) is 3.75. The number of carboxylic acids is 1. The van der Waals surface area contributed by atoms with Crippen molar-refractivity contribution in [1.82, 2.24) is 9.80 Å². The second-order valence-corrected chi connectivity index (χ2v) is 6.84. The van der Waals surface area contributed by atoms with Gasteiger partial charge in [-0.25, -0.2) is 0 Å². The summed E-state index contributed by atoms with van der Waals surface area (Å²) >= 11 is 0. The molecule has 2 N–H and O–H groups in total. The van der Waals surface area contributed by atoms with E-state index in [1.165, 1.54) is 17.0 Å². The van der Waals surface area contributed by atoms with Gasteiger partial charge in [-0.15, -0.1) is 0 Å². The molecule has 0 radical (unpaired) electrons. The van der Waals surface area contributed by atoms with Crippen LogP contribution in [0.2, 0.25) is 0 Å². The molecule has 2 aliphatic heterocycles. The summed E-state index contributed by atoms with van der Waals surface area (Å²) in [5.41, 5.74) is 0.181. The summed E-state index contributed by atoms with van der Waals surface area (Å²) in [6.45, 7) is 2.86. The molecule has 1 aromatic carbocycles. The number of carbonyl (C=O) groups excluding carboxylic acids is 2. The molecule has 134 valence electrons. The van der Waals surface area contributed by atoms with Gasteiger partial charge in [0, 0.05) is 19.6 Å². The number of nitrogens with zero attached hydrogens (tertiary/aromatic N) is 2. The summed E-state index contributed by atoms with van der Waals surface area (Å²) < 4.78 is 0. The number of benzene rings is 1. The van der Waals surface area contributed by atoms with Gasteiger partial charge in [0.05, 0.1) is 11.5 Å². The van der Waals surface area contributed by atoms with Gasteiger partial charge in [-0.2, -0.15) is 0 Å². The van der Waals surface area contributed by atoms with Crippen LogP contribution >= 0.6 is 0 Å². The summed E-state index contributed by atoms with van der Waals surface area (Å²) in [5.74, 6) is -2.23. The van der Waals surface area contributed by atoms with E-state index in [-0.39, 0.29) is 35.6 Å². The third-order valence-electron chi connectivity index (χ3n) is 5.17. The van der Waals surface area contributed by atoms with Crippen LogP contribution in [0.5, 0.6) is 5.75 Å². The second-order valence-electron chi connectivity index (χ2n) is 6.84. The van der Waals surface area contributed by atoms with Crippen LogP contribution < -0.4 is 0 Å². The van der Waals surface area contributed by atoms with E-state index in [0.29, 0.717) is 25.9 Å². The zero-order valence-corrected chi connectivity index (χ0v) is 14.1. The molecule has 3 atom stereocenters. The van der Waals surface area contributed by atoms with Crippen molar-refractivity contribution in [3.63, 3.8) is 0 Å². The molecule has 0 spiro atoms. The molecule has 2 fully saturated rings. The molecule has 2 aliphatic rings. The van der Waals surface area contributed by atoms with Gasteiger partial charge in [0.15, 0.2) is 0 Å². The lowest BCUT2D eigenvalue weighted by atomic mass is 9.99. The number of carbonyl (C=O) groups is 3. The number of phenolic OH excluding ortho intramolecular Hbond substituents is 1. The Hall–Kier alpha value is -2.57. The highest BCUT2D eigenvalue weighted by Crippen LogP contribution is 2.29. The largest absolute Gasteiger partial charge is 0.507 e. The molecule has 7 nitrogen and oxygen atoms in total. The zero-order chi connectivity index (χ0) is 18.1. The van der Waals surface area contributed by atoms with E-state index in [1.54, 1.807) is 17.0 Å². The molecule has 0 aromatic heterocycles. The average Bonchev–Trinajstić information content (AvgIpc) is 3.20. The normalized spacial score (nSPS) is 26.0. The maximum absolute atomic E-state index is 12.9. The third kappa shape index (κ3) is 3.18. The molecule has 1 unspecified atom stereocenters. The van der Waals surface area contributed by atoms with Crippen molar-refractivity contribution >= 4 is 17.8 Å². The molecular weight excluding hydrogens is 324 g/mol. The molecule has 0 bridgehead atoms. The highest BCUT2D eigenvalue weighted by Gasteiger charge is 2.42. The minimum absolute atomic E-state index is 0.105. The van der Waals surface area contributed by atoms with E-state index >= 15 is 0 Å². The first-order chi connectivity index (χ1) is 11.9. The van der Waals surface area contributed by atoms with Gasteiger partial charge in [0.25, 0.3) is 5.91 Å². The average molecular weight is 346 g/mol. The van der Waals surface area contributed by atoms with E-state index in [1.807, 2.05) is 6.92 Å². The number of carboxylic acid groups (broad SMARTS) is 1. The predicted octanol–water partition coefficient (Wildman–Crippen LogP) is 1.18. The topological polar surface area (TPSA) is 98.2 Å². The van der Waals surface area contributed by atoms with Gasteiger partial charge in [0.2, 0.25) is 5.91 Å². The molecule has 3 rings (SSSR count). The highest BCUT2D eigenvalue weighted by atomic mass is 16.4. The molecule has 0 saturated carbocycles. The van der Waals surface area contributed by atoms with Crippen molar-refractivity contribution in [3.8, 4) is 5.75 Å². The van der Waals surface area contributed by atoms with Crippen molar-refractivity contribution in [2.45, 2.75) is 25.8 Å². The maximum atomic E-state index is 12.9. The van der Waals surface area contributed by atoms with Gasteiger partial charge in [-0.1, -0.05) is 19.1 Å². The van der Waals surface area contributed by atoms with Gasteiger partial charge in [-0.05, 0) is 30.9 Å². The highest BCUT2D eigenvalue weighted by molar-refractivity contribution is 6.00. The first-order valence-corrected chi connectivity index (χ1v) is 8.50. The number of aliphatic carboxylic acids is 1. The summed E-state index contributed by atoms with van der Waals surface area (Å²) in [5, 5.41) is 19.1. The minimum Gasteiger partial charge on any atom is -0.507 e. The van der Waals surface area contributed by atoms with E-state index in [9.17, 15) is 24.6 Å². The first-order valence-electron chi connectivity index (χ1n) is 8.50. The number of hydrogen-bond acceptors (Lipinski definition) is 4. The Bertz CT molecular complexity index is 704. The standard InChI is InChI=1S/C18H22N2O5/c1-11-9-19(10-13(11)18(24)25)17(23)14-6-4-8-20(14)16(22)12-5-2-3-7-15(12)21/h2-3,5,7,11,13-14,21H,4,6,8-10H2,1H3,(H,24,25)/t11-,13-,14?/m1/s1. The fraction of sp³-hybridized carbons (Fsp3) is 0.500. The van der Waals surface area contributed by atoms with E-state index in [4.69, 9.17) is 0 Å². The number of hydrogen-bond donors (Lipinski definition) is 2. The summed E-state index contributed by atoms with van der Waals surface area (Å²) in [7, 11) is 0. The smallest absolute Gasteiger partial charge is 0.308 e. The Kier molecular flexibility index (Phi) is 4.65. The molecule has 2 saturated heterocycles. The molecule has 25 heavy (non-hydrogen) atoms. The van der Waals surface area contributed by atoms with Crippen LogP contribution in [0.4, 0.5) is 0 Å². The zero-order valence-electron chi connectivity index (χ0n) is 14.1. The number of aromatic hydroxyl groups is 1. The van der Waals surface area contributed by atoms with E-state index < -0.39 is 17.9 Å². The summed E-state index contributed by atoms with van der Waals surface area (Å²) in [6, 6.07) is 5.69. The maximum Gasteiger partial charge on any atom is 0.308 e. The van der Waals surface area contributed by atoms with Crippen LogP contribution in [0.15, 0.2) is 24.3 Å². The fourth-order valence-corrected chi connectivity index (χ4v) is 3.75. The monoisotopic (exact) mass is 346 g/mol. The molecule has 2 amide bonds. The second kappa shape index (κ2) is 6.74. The third-order valence-corrected chi connectivity index (χ3v) is 5.17. The molecule has 7 heteroatoms. The number of para-hydroxylation sites is 1. The van der Waals surface area contributed by atoms with Gasteiger partial charge in [0.1, 0.15) is 11.8 Å². The van der Waals surface area contributed by atoms with Crippen molar-refractivity contribution < 1.29 is 24.6 Å². The van der Waals surface area contributed by atoms with Gasteiger partial charge < -0.3 is 20.0 Å². The summed E-state index contributed by atoms with van der Waals surface area (Å²) in [4.78, 5) is 39.9. The van der Waals surface area contributed by atoms with Gasteiger partial charge in [-0.3, -0.25) is 14.4 Å². The molecule has 1 aromatic rings. The van der Waals surface area contributed by atoms with Gasteiger partial charge >= 0.3 is 5.97 Å². The van der Waals surface area contributed by atoms with Crippen LogP contribution in [0.3, 0.4) is 0 Å². The Balaban J connectivity index is 1.76. The quantitative estimate of drug-likeness (QED) is 0.856. The Morgan fingerprint density at radius 3 is 2.52 bits per heavy atom. The predicted molar refractivity (Wildman–Crippen MR) is 89.0 cm³/mol. The number of amides is 2. The Morgan fingerprint density at radius 1 is 1.16 bits per heavy atom. The van der Waals surface area contributed by atoms with Crippen LogP contribution in [0.25, 0.3) is 0 Å². The lowest BCUT2D eigenvalue weighted by molar-refractivity contribution is -0.142. The van der Waals surface area contributed by atoms with E-state index in [2.05, 4.69) is 0 Å². The number of phenols is 1. The Labute approximate surface area is 145 Å². The van der Waals surface area contributed by atoms with Crippen molar-refractivity contribution in [3.05, 3.63) is 29.8 Å². The van der Waals surface area contributed by atoms with Crippen LogP contribution in [0, 0.1) is 11.8 Å². The molecule has 2 heterocycles. The Morgan fingerprint density at radius 2 is 1.88 bits per heavy atom. The molecule has 0 aliphatic carbocycles. The SMILES string of the molecule is C[C@@H]1CN(C(=O)C2CCCN2C(=O)c2ccccc2O)C[C@H]1C(=O)O. The number of rotatable bonds is 3. The molecular formula is C18H22N2O5. The minimum atomic E-state index is -0.892.